The number of carboxylic acid groups (broad SMARTS) is 2. The summed E-state index contributed by atoms with van der Waals surface area (Å²) in [7, 11) is 0. The molecule has 0 amide bonds. The average molecular weight is 610 g/mol. The number of carbonyl (C=O) groups is 4. The smallest absolute Gasteiger partial charge is 0.419 e. The molecule has 4 rings (SSSR count). The van der Waals surface area contributed by atoms with Crippen LogP contribution in [-0.2, 0) is 32.3 Å². The first kappa shape index (κ1) is 33.5. The van der Waals surface area contributed by atoms with Crippen LogP contribution in [0, 0.1) is 20.2 Å². The van der Waals surface area contributed by atoms with Crippen LogP contribution in [-0.4, -0.2) is 63.3 Å². The van der Waals surface area contributed by atoms with E-state index in [9.17, 15) is 39.4 Å². The van der Waals surface area contributed by atoms with E-state index < -0.39 is 34.0 Å². The fourth-order valence-electron chi connectivity index (χ4n) is 2.93. The molecule has 2 N–H and O–H groups in total. The molecule has 228 valence electrons. The molecule has 44 heavy (non-hydrogen) atoms. The van der Waals surface area contributed by atoms with Gasteiger partial charge in [-0.15, -0.1) is 0 Å². The molecule has 2 heterocycles. The minimum Gasteiger partial charge on any atom is -0.478 e. The van der Waals surface area contributed by atoms with Crippen LogP contribution in [0.3, 0.4) is 0 Å². The van der Waals surface area contributed by atoms with Gasteiger partial charge < -0.3 is 19.7 Å². The Morgan fingerprint density at radius 3 is 1.36 bits per heavy atom. The van der Waals surface area contributed by atoms with Crippen LogP contribution >= 0.6 is 0 Å². The molecule has 0 atom stereocenters. The number of rotatable bonds is 8. The fraction of sp³-hybridized carbons (Fsp3) is 0.0769. The third-order valence-electron chi connectivity index (χ3n) is 4.88. The van der Waals surface area contributed by atoms with Gasteiger partial charge in [-0.3, -0.25) is 20.2 Å². The summed E-state index contributed by atoms with van der Waals surface area (Å²) in [5, 5.41) is 37.1. The van der Waals surface area contributed by atoms with Gasteiger partial charge >= 0.3 is 24.1 Å². The number of nitro benzene ring substituents is 2. The van der Waals surface area contributed by atoms with Crippen molar-refractivity contribution in [2.75, 3.05) is 0 Å². The molecule has 0 saturated carbocycles. The van der Waals surface area contributed by atoms with E-state index in [0.717, 1.165) is 9.13 Å². The first-order valence-electron chi connectivity index (χ1n) is 11.9. The maximum absolute atomic E-state index is 11.5. The van der Waals surface area contributed by atoms with E-state index in [2.05, 4.69) is 9.97 Å². The lowest BCUT2D eigenvalue weighted by Crippen LogP contribution is -2.12. The number of nitrogens with zero attached hydrogens (tertiary/aromatic N) is 6. The number of nitro groups is 2. The average Bonchev–Trinajstić information content (AvgIpc) is 3.74. The molecule has 2 aromatic heterocycles. The number of para-hydroxylation sites is 2. The van der Waals surface area contributed by atoms with Crippen molar-refractivity contribution >= 4 is 35.5 Å². The molecule has 18 nitrogen and oxygen atoms in total. The van der Waals surface area contributed by atoms with Crippen molar-refractivity contribution in [2.24, 2.45) is 0 Å². The molecule has 4 aromatic rings. The largest absolute Gasteiger partial charge is 0.478 e. The highest BCUT2D eigenvalue weighted by atomic mass is 16.6. The van der Waals surface area contributed by atoms with E-state index in [1.165, 1.54) is 49.6 Å². The van der Waals surface area contributed by atoms with Gasteiger partial charge in [0.15, 0.2) is 0 Å². The highest BCUT2D eigenvalue weighted by molar-refractivity contribution is 5.89. The van der Waals surface area contributed by atoms with E-state index in [4.69, 9.17) is 19.7 Å². The van der Waals surface area contributed by atoms with Crippen LogP contribution in [0.4, 0.5) is 21.0 Å². The summed E-state index contributed by atoms with van der Waals surface area (Å²) in [5.74, 6) is -2.51. The zero-order valence-electron chi connectivity index (χ0n) is 22.3. The van der Waals surface area contributed by atoms with Gasteiger partial charge in [0.25, 0.3) is 11.4 Å². The van der Waals surface area contributed by atoms with Crippen LogP contribution in [0.1, 0.15) is 11.1 Å². The summed E-state index contributed by atoms with van der Waals surface area (Å²) >= 11 is 0. The summed E-state index contributed by atoms with van der Waals surface area (Å²) < 4.78 is 12.2. The highest BCUT2D eigenvalue weighted by Crippen LogP contribution is 2.19. The third kappa shape index (κ3) is 11.4. The number of benzene rings is 2. The molecule has 2 aromatic carbocycles. The van der Waals surface area contributed by atoms with Crippen LogP contribution in [0.2, 0.25) is 0 Å². The first-order chi connectivity index (χ1) is 21.0. The first-order valence-corrected chi connectivity index (χ1v) is 11.9. The Balaban J connectivity index is 0.000000248. The number of imidazole rings is 2. The summed E-state index contributed by atoms with van der Waals surface area (Å²) in [4.78, 5) is 69.9. The van der Waals surface area contributed by atoms with Crippen LogP contribution in [0.5, 0.6) is 0 Å². The van der Waals surface area contributed by atoms with Crippen molar-refractivity contribution in [2.45, 2.75) is 13.2 Å². The minimum atomic E-state index is -1.26. The maximum Gasteiger partial charge on any atom is 0.419 e. The number of hydrogen-bond donors (Lipinski definition) is 2. The summed E-state index contributed by atoms with van der Waals surface area (Å²) in [6, 6.07) is 12.2. The van der Waals surface area contributed by atoms with Crippen LogP contribution in [0.15, 0.2) is 98.1 Å². The molecule has 0 bridgehead atoms. The molecular formula is C26H22N6O12. The lowest BCUT2D eigenvalue weighted by atomic mass is 10.2. The Morgan fingerprint density at radius 2 is 1.07 bits per heavy atom. The van der Waals surface area contributed by atoms with E-state index in [1.54, 1.807) is 36.4 Å². The zero-order chi connectivity index (χ0) is 32.5. The Bertz CT molecular complexity index is 1500. The SMILES string of the molecule is O=C(O)/C=C/C(=O)O.O=C(OCc1ccccc1[N+](=O)[O-])n1ccnc1.O=C(OCc1ccccc1[N+](=O)[O-])n1ccnc1. The molecule has 0 spiro atoms. The molecule has 18 heteroatoms. The van der Waals surface area contributed by atoms with Gasteiger partial charge in [-0.1, -0.05) is 24.3 Å². The molecule has 0 aliphatic heterocycles. The number of hydrogen-bond acceptors (Lipinski definition) is 12. The predicted molar refractivity (Wildman–Crippen MR) is 146 cm³/mol. The van der Waals surface area contributed by atoms with Crippen molar-refractivity contribution in [1.82, 2.24) is 19.1 Å². The number of ether oxygens (including phenoxy) is 2. The van der Waals surface area contributed by atoms with E-state index >= 15 is 0 Å². The Hall–Kier alpha value is -6.72. The summed E-state index contributed by atoms with van der Waals surface area (Å²) in [6.07, 6.45) is 8.17. The quantitative estimate of drug-likeness (QED) is 0.164. The van der Waals surface area contributed by atoms with Gasteiger partial charge in [0.05, 0.1) is 21.0 Å². The summed E-state index contributed by atoms with van der Waals surface area (Å²) in [5.41, 5.74) is 0.541. The van der Waals surface area contributed by atoms with Gasteiger partial charge in [-0.05, 0) is 12.1 Å². The normalized spacial score (nSPS) is 9.91. The van der Waals surface area contributed by atoms with Crippen molar-refractivity contribution in [3.05, 3.63) is 129 Å². The number of carboxylic acids is 2. The Morgan fingerprint density at radius 1 is 0.705 bits per heavy atom. The number of aromatic nitrogens is 4. The molecule has 0 saturated heterocycles. The van der Waals surface area contributed by atoms with Crippen molar-refractivity contribution < 1.29 is 48.7 Å². The lowest BCUT2D eigenvalue weighted by molar-refractivity contribution is -0.386. The van der Waals surface area contributed by atoms with Crippen LogP contribution < -0.4 is 0 Å². The lowest BCUT2D eigenvalue weighted by Gasteiger charge is -2.05. The molecule has 0 fully saturated rings. The van der Waals surface area contributed by atoms with Gasteiger partial charge in [0.1, 0.15) is 25.9 Å². The van der Waals surface area contributed by atoms with Gasteiger partial charge in [0, 0.05) is 49.1 Å². The third-order valence-corrected chi connectivity index (χ3v) is 4.88. The minimum absolute atomic E-state index is 0.0732. The van der Waals surface area contributed by atoms with Crippen molar-refractivity contribution in [1.29, 1.82) is 0 Å². The van der Waals surface area contributed by atoms with Crippen LogP contribution in [0.25, 0.3) is 0 Å². The topological polar surface area (TPSA) is 249 Å². The maximum atomic E-state index is 11.5. The van der Waals surface area contributed by atoms with Gasteiger partial charge in [-0.25, -0.2) is 38.3 Å². The fourth-order valence-corrected chi connectivity index (χ4v) is 2.93. The van der Waals surface area contributed by atoms with E-state index in [-0.39, 0.29) is 24.6 Å². The van der Waals surface area contributed by atoms with E-state index in [1.807, 2.05) is 0 Å². The van der Waals surface area contributed by atoms with Gasteiger partial charge in [0.2, 0.25) is 0 Å². The number of aliphatic carboxylic acids is 2. The molecule has 0 unspecified atom stereocenters. The Kier molecular flexibility index (Phi) is 13.1. The summed E-state index contributed by atoms with van der Waals surface area (Å²) in [6.45, 7) is -0.317. The number of carbonyl (C=O) groups excluding carboxylic acids is 2. The van der Waals surface area contributed by atoms with Crippen molar-refractivity contribution in [3.63, 3.8) is 0 Å². The molecule has 0 aliphatic carbocycles. The highest BCUT2D eigenvalue weighted by Gasteiger charge is 2.15. The molecular weight excluding hydrogens is 588 g/mol. The Labute approximate surface area is 246 Å². The monoisotopic (exact) mass is 610 g/mol. The zero-order valence-corrected chi connectivity index (χ0v) is 22.3. The van der Waals surface area contributed by atoms with Gasteiger partial charge in [-0.2, -0.15) is 0 Å². The second-order valence-corrected chi connectivity index (χ2v) is 7.83. The van der Waals surface area contributed by atoms with E-state index in [0.29, 0.717) is 23.3 Å². The standard InChI is InChI=1S/2C11H9N3O4.C4H4O4/c2*15-11(13-6-5-12-8-13)18-7-9-3-1-2-4-10(9)14(16)17;5-3(6)1-2-4(7)8/h2*1-6,8H,7H2;1-2H,(H,5,6)(H,7,8)/b;;2-1+. The van der Waals surface area contributed by atoms with Crippen molar-refractivity contribution in [3.8, 4) is 0 Å². The second kappa shape index (κ2) is 17.2. The molecule has 0 aliphatic rings. The second-order valence-electron chi connectivity index (χ2n) is 7.83. The molecule has 0 radical (unpaired) electrons. The predicted octanol–water partition coefficient (Wildman–Crippen LogP) is 3.66.